The molecule has 0 saturated heterocycles. The number of benzene rings is 3. The van der Waals surface area contributed by atoms with Gasteiger partial charge >= 0.3 is 6.18 Å². The van der Waals surface area contributed by atoms with Gasteiger partial charge in [-0.1, -0.05) is 69.0 Å². The van der Waals surface area contributed by atoms with Crippen molar-refractivity contribution in [2.75, 3.05) is 0 Å². The third-order valence-electron chi connectivity index (χ3n) is 5.65. The second-order valence-corrected chi connectivity index (χ2v) is 8.28. The van der Waals surface area contributed by atoms with E-state index in [4.69, 9.17) is 0 Å². The molecule has 0 aliphatic heterocycles. The highest BCUT2D eigenvalue weighted by Crippen LogP contribution is 2.31. The molecule has 0 aromatic heterocycles. The molecule has 0 amide bonds. The smallest absolute Gasteiger partial charge is 0.206 e. The molecule has 0 unspecified atom stereocenters. The Bertz CT molecular complexity index is 1100. The molecule has 0 radical (unpaired) electrons. The summed E-state index contributed by atoms with van der Waals surface area (Å²) in [6, 6.07) is 13.8. The van der Waals surface area contributed by atoms with Crippen LogP contribution in [-0.4, -0.2) is 6.18 Å². The number of hydrogen-bond acceptors (Lipinski definition) is 0. The summed E-state index contributed by atoms with van der Waals surface area (Å²) in [6.45, 7) is 2.18. The molecule has 34 heavy (non-hydrogen) atoms. The lowest BCUT2D eigenvalue weighted by Gasteiger charge is -2.10. The van der Waals surface area contributed by atoms with Crippen LogP contribution >= 0.6 is 0 Å². The van der Waals surface area contributed by atoms with Crippen molar-refractivity contribution in [1.82, 2.24) is 0 Å². The van der Waals surface area contributed by atoms with E-state index in [2.05, 4.69) is 6.92 Å². The molecule has 0 nitrogen and oxygen atoms in total. The number of hydrogen-bond donors (Lipinski definition) is 0. The number of aryl methyl sites for hydroxylation is 1. The van der Waals surface area contributed by atoms with E-state index in [0.29, 0.717) is 11.6 Å². The van der Waals surface area contributed by atoms with Gasteiger partial charge in [0.05, 0.1) is 0 Å². The number of unbranched alkanes of at least 4 members (excludes halogenated alkanes) is 4. The number of alkyl halides is 3. The molecule has 180 valence electrons. The fraction of sp³-hybridized carbons (Fsp3) is 0.286. The van der Waals surface area contributed by atoms with Gasteiger partial charge in [-0.15, -0.1) is 0 Å². The summed E-state index contributed by atoms with van der Waals surface area (Å²) in [4.78, 5) is 0. The van der Waals surface area contributed by atoms with Gasteiger partial charge in [0.15, 0.2) is 0 Å². The Morgan fingerprint density at radius 1 is 0.676 bits per heavy atom. The zero-order valence-corrected chi connectivity index (χ0v) is 18.9. The quantitative estimate of drug-likeness (QED) is 0.213. The Balaban J connectivity index is 1.76. The zero-order valence-electron chi connectivity index (χ0n) is 18.9. The van der Waals surface area contributed by atoms with E-state index in [0.717, 1.165) is 30.5 Å². The molecule has 3 aromatic rings. The van der Waals surface area contributed by atoms with Crippen molar-refractivity contribution >= 4 is 6.08 Å². The first-order valence-corrected chi connectivity index (χ1v) is 11.3. The van der Waals surface area contributed by atoms with E-state index in [9.17, 15) is 26.3 Å². The van der Waals surface area contributed by atoms with Crippen molar-refractivity contribution in [2.24, 2.45) is 0 Å². The fourth-order valence-electron chi connectivity index (χ4n) is 3.80. The minimum atomic E-state index is -4.70. The van der Waals surface area contributed by atoms with Crippen LogP contribution in [0.15, 0.2) is 60.7 Å². The minimum absolute atomic E-state index is 0.0448. The first kappa shape index (κ1) is 25.6. The van der Waals surface area contributed by atoms with Crippen LogP contribution in [0.2, 0.25) is 0 Å². The van der Waals surface area contributed by atoms with Gasteiger partial charge in [-0.3, -0.25) is 0 Å². The van der Waals surface area contributed by atoms with Crippen molar-refractivity contribution in [3.8, 4) is 22.3 Å². The summed E-state index contributed by atoms with van der Waals surface area (Å²) >= 11 is 0. The van der Waals surface area contributed by atoms with Crippen molar-refractivity contribution in [2.45, 2.75) is 51.6 Å². The van der Waals surface area contributed by atoms with Crippen molar-refractivity contribution in [3.05, 3.63) is 89.3 Å². The average Bonchev–Trinajstić information content (AvgIpc) is 2.78. The van der Waals surface area contributed by atoms with E-state index in [1.807, 2.05) is 24.3 Å². The third-order valence-corrected chi connectivity index (χ3v) is 5.65. The Morgan fingerprint density at radius 3 is 1.85 bits per heavy atom. The van der Waals surface area contributed by atoms with Gasteiger partial charge in [0, 0.05) is 17.2 Å². The van der Waals surface area contributed by atoms with E-state index in [1.165, 1.54) is 43.4 Å². The molecular weight excluding hydrogens is 450 g/mol. The van der Waals surface area contributed by atoms with Crippen LogP contribution in [0.4, 0.5) is 26.3 Å². The van der Waals surface area contributed by atoms with Gasteiger partial charge in [0.2, 0.25) is 0 Å². The summed E-state index contributed by atoms with van der Waals surface area (Å²) in [5, 5.41) is 0. The Kier molecular flexibility index (Phi) is 8.59. The molecule has 0 fully saturated rings. The summed E-state index contributed by atoms with van der Waals surface area (Å²) in [6.07, 6.45) is 2.38. The van der Waals surface area contributed by atoms with Crippen LogP contribution in [-0.2, 0) is 6.42 Å². The number of halogens is 6. The SMILES string of the molecule is CCCCCCCc1ccc(-c2ccc(-c3cc(F)c(/C=C/C(F)(F)F)c(F)c3)c(F)c2)cc1. The maximum Gasteiger partial charge on any atom is 0.409 e. The molecule has 0 aliphatic carbocycles. The molecule has 0 bridgehead atoms. The normalized spacial score (nSPS) is 12.0. The minimum Gasteiger partial charge on any atom is -0.206 e. The first-order valence-electron chi connectivity index (χ1n) is 11.3. The monoisotopic (exact) mass is 476 g/mol. The average molecular weight is 477 g/mol. The van der Waals surface area contributed by atoms with Crippen LogP contribution in [0.25, 0.3) is 28.3 Å². The molecule has 0 spiro atoms. The van der Waals surface area contributed by atoms with Gasteiger partial charge in [-0.05, 0) is 59.4 Å². The predicted octanol–water partition coefficient (Wildman–Crippen LogP) is 9.53. The molecule has 0 atom stereocenters. The summed E-state index contributed by atoms with van der Waals surface area (Å²) in [5.74, 6) is -3.09. The lowest BCUT2D eigenvalue weighted by Crippen LogP contribution is -2.01. The van der Waals surface area contributed by atoms with Gasteiger partial charge in [-0.25, -0.2) is 13.2 Å². The second kappa shape index (κ2) is 11.4. The van der Waals surface area contributed by atoms with Crippen LogP contribution in [0.3, 0.4) is 0 Å². The van der Waals surface area contributed by atoms with E-state index >= 15 is 0 Å². The van der Waals surface area contributed by atoms with Crippen LogP contribution < -0.4 is 0 Å². The molecule has 0 N–H and O–H groups in total. The Labute approximate surface area is 195 Å². The number of allylic oxidation sites excluding steroid dienone is 1. The summed E-state index contributed by atoms with van der Waals surface area (Å²) in [5.41, 5.74) is 1.66. The van der Waals surface area contributed by atoms with Gasteiger partial charge in [0.25, 0.3) is 0 Å². The summed E-state index contributed by atoms with van der Waals surface area (Å²) in [7, 11) is 0. The zero-order chi connectivity index (χ0) is 24.7. The van der Waals surface area contributed by atoms with Gasteiger partial charge < -0.3 is 0 Å². The lowest BCUT2D eigenvalue weighted by atomic mass is 9.97. The third kappa shape index (κ3) is 6.99. The molecule has 0 aliphatic rings. The van der Waals surface area contributed by atoms with E-state index in [-0.39, 0.29) is 17.2 Å². The van der Waals surface area contributed by atoms with Crippen molar-refractivity contribution in [1.29, 1.82) is 0 Å². The van der Waals surface area contributed by atoms with Crippen molar-refractivity contribution < 1.29 is 26.3 Å². The van der Waals surface area contributed by atoms with E-state index < -0.39 is 29.2 Å². The fourth-order valence-corrected chi connectivity index (χ4v) is 3.80. The lowest BCUT2D eigenvalue weighted by molar-refractivity contribution is -0.0790. The predicted molar refractivity (Wildman–Crippen MR) is 125 cm³/mol. The molecule has 3 aromatic carbocycles. The van der Waals surface area contributed by atoms with Crippen LogP contribution in [0.5, 0.6) is 0 Å². The maximum atomic E-state index is 14.8. The molecule has 0 heterocycles. The maximum absolute atomic E-state index is 14.8. The molecule has 6 heteroatoms. The highest BCUT2D eigenvalue weighted by Gasteiger charge is 2.23. The van der Waals surface area contributed by atoms with Gasteiger partial charge in [0.1, 0.15) is 17.5 Å². The molecular formula is C28H26F6. The Hall–Kier alpha value is -3.02. The topological polar surface area (TPSA) is 0 Å². The van der Waals surface area contributed by atoms with Crippen LogP contribution in [0.1, 0.15) is 50.2 Å². The summed E-state index contributed by atoms with van der Waals surface area (Å²) < 4.78 is 80.3. The molecule has 0 saturated carbocycles. The van der Waals surface area contributed by atoms with Crippen LogP contribution in [0, 0.1) is 17.5 Å². The Morgan fingerprint density at radius 2 is 1.26 bits per heavy atom. The van der Waals surface area contributed by atoms with Crippen molar-refractivity contribution in [3.63, 3.8) is 0 Å². The van der Waals surface area contributed by atoms with E-state index in [1.54, 1.807) is 6.07 Å². The van der Waals surface area contributed by atoms with Gasteiger partial charge in [-0.2, -0.15) is 13.2 Å². The first-order chi connectivity index (χ1) is 16.2. The second-order valence-electron chi connectivity index (χ2n) is 8.28. The highest BCUT2D eigenvalue weighted by molar-refractivity contribution is 5.72. The largest absolute Gasteiger partial charge is 0.409 e. The number of rotatable bonds is 9. The molecule has 3 rings (SSSR count). The highest BCUT2D eigenvalue weighted by atomic mass is 19.4. The standard InChI is InChI=1S/C28H26F6/c1-2-3-4-5-6-7-19-8-10-20(11-9-19)21-12-13-23(25(29)16-21)22-17-26(30)24(27(31)18-22)14-15-28(32,33)34/h8-18H,2-7H2,1H3/b15-14+.